The van der Waals surface area contributed by atoms with E-state index >= 15 is 0 Å². The first-order chi connectivity index (χ1) is 30.3. The van der Waals surface area contributed by atoms with Gasteiger partial charge in [0.05, 0.1) is 14.8 Å². The molecule has 0 aromatic heterocycles. The molecule has 2 atom stereocenters. The summed E-state index contributed by atoms with van der Waals surface area (Å²) >= 11 is 8.33. The molecular weight excluding hydrogens is 906 g/mol. The van der Waals surface area contributed by atoms with Gasteiger partial charge >= 0.3 is 0 Å². The Morgan fingerprint density at radius 1 is 0.556 bits per heavy atom. The molecular formula is C46H41ClF2N4O6S4. The molecule has 10 nitrogen and oxygen atoms in total. The minimum absolute atomic E-state index is 0.0323. The number of amides is 2. The third-order valence-electron chi connectivity index (χ3n) is 10.1. The molecule has 0 radical (unpaired) electrons. The summed E-state index contributed by atoms with van der Waals surface area (Å²) in [6, 6.07) is 42.8. The largest absolute Gasteiger partial charge is 0.350 e. The van der Waals surface area contributed by atoms with Crippen molar-refractivity contribution < 1.29 is 35.2 Å². The monoisotopic (exact) mass is 946 g/mol. The van der Waals surface area contributed by atoms with Gasteiger partial charge in [0.1, 0.15) is 22.4 Å². The molecule has 2 unspecified atom stereocenters. The van der Waals surface area contributed by atoms with E-state index in [1.54, 1.807) is 60.7 Å². The van der Waals surface area contributed by atoms with Crippen LogP contribution in [-0.2, 0) is 42.7 Å². The highest BCUT2D eigenvalue weighted by Gasteiger charge is 2.41. The van der Waals surface area contributed by atoms with Crippen LogP contribution in [0.4, 0.5) is 8.78 Å². The average Bonchev–Trinajstić information content (AvgIpc) is 4.02. The van der Waals surface area contributed by atoms with Crippen LogP contribution in [0.25, 0.3) is 22.3 Å². The summed E-state index contributed by atoms with van der Waals surface area (Å²) < 4.78 is 82.0. The maximum absolute atomic E-state index is 13.3. The molecule has 0 saturated carbocycles. The third-order valence-corrected chi connectivity index (χ3v) is 16.8. The molecule has 326 valence electrons. The van der Waals surface area contributed by atoms with Crippen molar-refractivity contribution in [3.05, 3.63) is 179 Å². The lowest BCUT2D eigenvalue weighted by Gasteiger charge is -2.22. The van der Waals surface area contributed by atoms with Gasteiger partial charge in [0.25, 0.3) is 0 Å². The van der Waals surface area contributed by atoms with E-state index in [1.807, 2.05) is 60.7 Å². The van der Waals surface area contributed by atoms with E-state index in [-0.39, 0.29) is 46.8 Å². The zero-order chi connectivity index (χ0) is 44.6. The molecule has 2 aliphatic rings. The second-order valence-corrected chi connectivity index (χ2v) is 20.8. The molecule has 2 aliphatic heterocycles. The number of hydrogen-bond acceptors (Lipinski definition) is 8. The zero-order valence-corrected chi connectivity index (χ0v) is 37.5. The number of nitrogens with zero attached hydrogens (tertiary/aromatic N) is 2. The summed E-state index contributed by atoms with van der Waals surface area (Å²) in [7, 11) is -7.68. The number of thioether (sulfide) groups is 2. The number of sulfonamides is 2. The summed E-state index contributed by atoms with van der Waals surface area (Å²) in [5, 5.41) is 3.69. The molecule has 2 saturated heterocycles. The first-order valence-corrected chi connectivity index (χ1v) is 25.0. The Balaban J connectivity index is 0.000000189. The van der Waals surface area contributed by atoms with Gasteiger partial charge in [-0.3, -0.25) is 9.59 Å². The zero-order valence-electron chi connectivity index (χ0n) is 33.4. The maximum Gasteiger partial charge on any atom is 0.249 e. The van der Waals surface area contributed by atoms with Gasteiger partial charge in [-0.25, -0.2) is 25.6 Å². The molecule has 17 heteroatoms. The molecule has 6 aromatic carbocycles. The Morgan fingerprint density at radius 2 is 0.984 bits per heavy atom. The van der Waals surface area contributed by atoms with E-state index in [2.05, 4.69) is 10.6 Å². The summed E-state index contributed by atoms with van der Waals surface area (Å²) in [6.45, 7) is 0.752. The molecule has 2 amide bonds. The first-order valence-electron chi connectivity index (χ1n) is 19.6. The van der Waals surface area contributed by atoms with E-state index in [1.165, 1.54) is 62.5 Å². The minimum atomic E-state index is -3.85. The SMILES string of the molecule is O=C(NCc1ccc(F)c(Cl)c1)C1SCCN1S(=O)(=O)c1ccc(-c2ccccc2)cc1.O=C(NCc1cccc(F)c1)C1SCCN1S(=O)(=O)c1ccc(-c2ccccc2)cc1. The van der Waals surface area contributed by atoms with Crippen LogP contribution in [0.1, 0.15) is 11.1 Å². The number of carbonyl (C=O) groups is 2. The standard InChI is InChI=1S/C23H20ClFN2O3S2.C23H21FN2O3S2/c24-20-14-16(6-11-21(20)25)15-26-22(28)23-27(12-13-31-23)32(29,30)19-9-7-18(8-10-19)17-4-2-1-3-5-17;24-20-8-4-5-17(15-20)16-25-22(27)23-26(13-14-30-23)31(28,29)21-11-9-19(10-12-21)18-6-2-1-3-7-18/h1-11,14,23H,12-13,15H2,(H,26,28);1-12,15,23H,13-14,16H2,(H,25,27). The van der Waals surface area contributed by atoms with Crippen LogP contribution in [0.2, 0.25) is 5.02 Å². The van der Waals surface area contributed by atoms with E-state index < -0.39 is 48.4 Å². The van der Waals surface area contributed by atoms with Gasteiger partial charge in [-0.1, -0.05) is 115 Å². The molecule has 0 aliphatic carbocycles. The van der Waals surface area contributed by atoms with E-state index in [0.717, 1.165) is 22.3 Å². The summed E-state index contributed by atoms with van der Waals surface area (Å²) in [6.07, 6.45) is 0. The molecule has 2 fully saturated rings. The number of benzene rings is 6. The predicted molar refractivity (Wildman–Crippen MR) is 246 cm³/mol. The van der Waals surface area contributed by atoms with Crippen LogP contribution in [0, 0.1) is 11.6 Å². The van der Waals surface area contributed by atoms with Crippen LogP contribution in [0.3, 0.4) is 0 Å². The summed E-state index contributed by atoms with van der Waals surface area (Å²) in [5.41, 5.74) is 5.05. The normalized spacial score (nSPS) is 16.8. The molecule has 6 aromatic rings. The van der Waals surface area contributed by atoms with Gasteiger partial charge in [-0.2, -0.15) is 8.61 Å². The fraction of sp³-hybridized carbons (Fsp3) is 0.174. The maximum atomic E-state index is 13.3. The van der Waals surface area contributed by atoms with Crippen LogP contribution in [0.15, 0.2) is 161 Å². The summed E-state index contributed by atoms with van der Waals surface area (Å²) in [4.78, 5) is 25.7. The predicted octanol–water partition coefficient (Wildman–Crippen LogP) is 8.40. The van der Waals surface area contributed by atoms with Crippen molar-refractivity contribution in [3.63, 3.8) is 0 Å². The lowest BCUT2D eigenvalue weighted by atomic mass is 10.1. The summed E-state index contributed by atoms with van der Waals surface area (Å²) in [5.74, 6) is -0.705. The Labute approximate surface area is 379 Å². The lowest BCUT2D eigenvalue weighted by molar-refractivity contribution is -0.123. The highest BCUT2D eigenvalue weighted by atomic mass is 35.5. The quantitative estimate of drug-likeness (QED) is 0.125. The van der Waals surface area contributed by atoms with Gasteiger partial charge in [-0.15, -0.1) is 23.5 Å². The third kappa shape index (κ3) is 11.2. The van der Waals surface area contributed by atoms with Crippen molar-refractivity contribution in [1.29, 1.82) is 0 Å². The van der Waals surface area contributed by atoms with Gasteiger partial charge in [0.2, 0.25) is 31.9 Å². The smallest absolute Gasteiger partial charge is 0.249 e. The van der Waals surface area contributed by atoms with Gasteiger partial charge in [-0.05, 0) is 81.9 Å². The van der Waals surface area contributed by atoms with Gasteiger partial charge in [0.15, 0.2) is 0 Å². The van der Waals surface area contributed by atoms with Crippen molar-refractivity contribution in [2.45, 2.75) is 33.6 Å². The van der Waals surface area contributed by atoms with Crippen LogP contribution < -0.4 is 10.6 Å². The molecule has 8 rings (SSSR count). The van der Waals surface area contributed by atoms with Crippen molar-refractivity contribution in [2.24, 2.45) is 0 Å². The number of halogens is 3. The number of rotatable bonds is 12. The van der Waals surface area contributed by atoms with Crippen LogP contribution >= 0.6 is 35.1 Å². The Morgan fingerprint density at radius 3 is 1.41 bits per heavy atom. The van der Waals surface area contributed by atoms with Crippen molar-refractivity contribution in [2.75, 3.05) is 24.6 Å². The second-order valence-electron chi connectivity index (χ2n) is 14.3. The topological polar surface area (TPSA) is 133 Å². The van der Waals surface area contributed by atoms with Crippen LogP contribution in [-0.4, -0.2) is 72.6 Å². The molecule has 63 heavy (non-hydrogen) atoms. The Bertz CT molecular complexity index is 2770. The highest BCUT2D eigenvalue weighted by Crippen LogP contribution is 2.33. The second kappa shape index (κ2) is 20.6. The van der Waals surface area contributed by atoms with E-state index in [4.69, 9.17) is 11.6 Å². The number of carbonyl (C=O) groups excluding carboxylic acids is 2. The molecule has 2 heterocycles. The fourth-order valence-electron chi connectivity index (χ4n) is 6.83. The minimum Gasteiger partial charge on any atom is -0.350 e. The lowest BCUT2D eigenvalue weighted by Crippen LogP contribution is -2.44. The van der Waals surface area contributed by atoms with E-state index in [0.29, 0.717) is 22.6 Å². The van der Waals surface area contributed by atoms with Gasteiger partial charge < -0.3 is 10.6 Å². The molecule has 0 bridgehead atoms. The highest BCUT2D eigenvalue weighted by molar-refractivity contribution is 8.02. The van der Waals surface area contributed by atoms with Gasteiger partial charge in [0, 0.05) is 37.7 Å². The first kappa shape index (κ1) is 45.9. The van der Waals surface area contributed by atoms with Crippen molar-refractivity contribution >= 4 is 67.0 Å². The fourth-order valence-corrected chi connectivity index (χ4v) is 13.2. The number of nitrogens with one attached hydrogen (secondary N) is 2. The Kier molecular flexibility index (Phi) is 15.0. The van der Waals surface area contributed by atoms with Crippen LogP contribution in [0.5, 0.6) is 0 Å². The number of hydrogen-bond donors (Lipinski definition) is 2. The van der Waals surface area contributed by atoms with Crippen molar-refractivity contribution in [1.82, 2.24) is 19.2 Å². The molecule has 2 N–H and O–H groups in total. The van der Waals surface area contributed by atoms with E-state index in [9.17, 15) is 35.2 Å². The molecule has 0 spiro atoms. The average molecular weight is 948 g/mol. The van der Waals surface area contributed by atoms with Crippen molar-refractivity contribution in [3.8, 4) is 22.3 Å². The Hall–Kier alpha value is -5.07.